The van der Waals surface area contributed by atoms with E-state index in [0.717, 1.165) is 0 Å². The topological polar surface area (TPSA) is 69.7 Å². The molecule has 0 aliphatic carbocycles. The molecule has 2 saturated heterocycles. The van der Waals surface area contributed by atoms with Gasteiger partial charge >= 0.3 is 0 Å². The standard InChI is InChI=1S/C14H17Cl2N3O3S/c15-12-2-1-11(7-13(12)16)23(21,22)19-5-3-18(4-6-19)14(20)10-8-17-9-10/h1-2,7,10,17H,3-6,8-9H2. The van der Waals surface area contributed by atoms with Crippen molar-refractivity contribution < 1.29 is 13.2 Å². The maximum atomic E-state index is 12.6. The number of piperazine rings is 1. The molecule has 1 amide bonds. The van der Waals surface area contributed by atoms with Gasteiger partial charge in [-0.05, 0) is 18.2 Å². The molecule has 0 saturated carbocycles. The maximum Gasteiger partial charge on any atom is 0.243 e. The van der Waals surface area contributed by atoms with Gasteiger partial charge in [0.2, 0.25) is 15.9 Å². The van der Waals surface area contributed by atoms with E-state index in [4.69, 9.17) is 23.2 Å². The summed E-state index contributed by atoms with van der Waals surface area (Å²) >= 11 is 11.7. The van der Waals surface area contributed by atoms with Gasteiger partial charge in [0.1, 0.15) is 0 Å². The molecule has 23 heavy (non-hydrogen) atoms. The maximum absolute atomic E-state index is 12.6. The van der Waals surface area contributed by atoms with Crippen molar-refractivity contribution >= 4 is 39.1 Å². The Morgan fingerprint density at radius 1 is 1.09 bits per heavy atom. The SMILES string of the molecule is O=C(C1CNC1)N1CCN(S(=O)(=O)c2ccc(Cl)c(Cl)c2)CC1. The Hall–Kier alpha value is -0.860. The van der Waals surface area contributed by atoms with Gasteiger partial charge in [0.15, 0.2) is 0 Å². The molecule has 0 aromatic heterocycles. The van der Waals surface area contributed by atoms with Crippen molar-refractivity contribution in [3.8, 4) is 0 Å². The number of amides is 1. The molecule has 2 aliphatic heterocycles. The quantitative estimate of drug-likeness (QED) is 0.854. The Morgan fingerprint density at radius 2 is 1.74 bits per heavy atom. The molecule has 0 bridgehead atoms. The lowest BCUT2D eigenvalue weighted by Crippen LogP contribution is -2.57. The second-order valence-electron chi connectivity index (χ2n) is 5.66. The second-order valence-corrected chi connectivity index (χ2v) is 8.41. The van der Waals surface area contributed by atoms with E-state index in [0.29, 0.717) is 31.2 Å². The van der Waals surface area contributed by atoms with Crippen LogP contribution in [0.25, 0.3) is 0 Å². The van der Waals surface area contributed by atoms with Crippen LogP contribution < -0.4 is 5.32 Å². The number of carbonyl (C=O) groups is 1. The second kappa shape index (κ2) is 6.57. The fourth-order valence-electron chi connectivity index (χ4n) is 2.66. The summed E-state index contributed by atoms with van der Waals surface area (Å²) in [6.45, 7) is 2.82. The van der Waals surface area contributed by atoms with E-state index in [1.807, 2.05) is 0 Å². The van der Waals surface area contributed by atoms with E-state index in [2.05, 4.69) is 5.32 Å². The first kappa shape index (κ1) is 17.0. The number of hydrogen-bond acceptors (Lipinski definition) is 4. The normalized spacial score (nSPS) is 20.3. The van der Waals surface area contributed by atoms with Crippen LogP contribution >= 0.6 is 23.2 Å². The molecule has 0 spiro atoms. The molecule has 9 heteroatoms. The van der Waals surface area contributed by atoms with Crippen molar-refractivity contribution in [3.05, 3.63) is 28.2 Å². The molecule has 6 nitrogen and oxygen atoms in total. The number of sulfonamides is 1. The van der Waals surface area contributed by atoms with Crippen molar-refractivity contribution in [2.24, 2.45) is 5.92 Å². The largest absolute Gasteiger partial charge is 0.340 e. The molecule has 1 N–H and O–H groups in total. The first-order valence-electron chi connectivity index (χ1n) is 7.34. The number of nitrogens with zero attached hydrogens (tertiary/aromatic N) is 2. The monoisotopic (exact) mass is 377 g/mol. The number of rotatable bonds is 3. The highest BCUT2D eigenvalue weighted by Gasteiger charge is 2.34. The molecule has 2 fully saturated rings. The van der Waals surface area contributed by atoms with Gasteiger partial charge in [-0.15, -0.1) is 0 Å². The predicted octanol–water partition coefficient (Wildman–Crippen LogP) is 1.05. The van der Waals surface area contributed by atoms with E-state index in [-0.39, 0.29) is 34.8 Å². The van der Waals surface area contributed by atoms with E-state index < -0.39 is 10.0 Å². The molecule has 0 unspecified atom stereocenters. The number of nitrogens with one attached hydrogen (secondary N) is 1. The lowest BCUT2D eigenvalue weighted by molar-refractivity contribution is -0.138. The molecule has 1 aromatic carbocycles. The van der Waals surface area contributed by atoms with Crippen LogP contribution in [0.1, 0.15) is 0 Å². The molecule has 2 heterocycles. The molecule has 0 radical (unpaired) electrons. The molecule has 1 aromatic rings. The van der Waals surface area contributed by atoms with E-state index in [1.165, 1.54) is 22.5 Å². The average Bonchev–Trinajstić information content (AvgIpc) is 2.48. The van der Waals surface area contributed by atoms with Crippen LogP contribution in [0.3, 0.4) is 0 Å². The molecular weight excluding hydrogens is 361 g/mol. The summed E-state index contributed by atoms with van der Waals surface area (Å²) in [5, 5.41) is 3.59. The predicted molar refractivity (Wildman–Crippen MR) is 88.2 cm³/mol. The zero-order valence-corrected chi connectivity index (χ0v) is 14.7. The first-order chi connectivity index (χ1) is 10.9. The van der Waals surface area contributed by atoms with Crippen LogP contribution in [0.15, 0.2) is 23.1 Å². The third-order valence-electron chi connectivity index (χ3n) is 4.21. The zero-order valence-electron chi connectivity index (χ0n) is 12.3. The van der Waals surface area contributed by atoms with Crippen LogP contribution in [0.5, 0.6) is 0 Å². The highest BCUT2D eigenvalue weighted by atomic mass is 35.5. The summed E-state index contributed by atoms with van der Waals surface area (Å²) in [5.41, 5.74) is 0. The van der Waals surface area contributed by atoms with Crippen LogP contribution in [0.4, 0.5) is 0 Å². The molecule has 2 aliphatic rings. The van der Waals surface area contributed by atoms with Crippen LogP contribution in [0.2, 0.25) is 10.0 Å². The summed E-state index contributed by atoms with van der Waals surface area (Å²) in [4.78, 5) is 14.0. The summed E-state index contributed by atoms with van der Waals surface area (Å²) < 4.78 is 26.7. The van der Waals surface area contributed by atoms with Crippen molar-refractivity contribution in [2.45, 2.75) is 4.90 Å². The van der Waals surface area contributed by atoms with Gasteiger partial charge in [0, 0.05) is 39.3 Å². The van der Waals surface area contributed by atoms with Crippen LogP contribution in [-0.2, 0) is 14.8 Å². The first-order valence-corrected chi connectivity index (χ1v) is 9.54. The smallest absolute Gasteiger partial charge is 0.243 e. The third-order valence-corrected chi connectivity index (χ3v) is 6.84. The fourth-order valence-corrected chi connectivity index (χ4v) is 4.47. The van der Waals surface area contributed by atoms with Gasteiger partial charge in [-0.1, -0.05) is 23.2 Å². The number of halogens is 2. The van der Waals surface area contributed by atoms with Crippen molar-refractivity contribution in [1.29, 1.82) is 0 Å². The molecule has 3 rings (SSSR count). The van der Waals surface area contributed by atoms with E-state index in [9.17, 15) is 13.2 Å². The number of hydrogen-bond donors (Lipinski definition) is 1. The fraction of sp³-hybridized carbons (Fsp3) is 0.500. The lowest BCUT2D eigenvalue weighted by Gasteiger charge is -2.37. The molecule has 0 atom stereocenters. The van der Waals surface area contributed by atoms with Crippen LogP contribution in [0, 0.1) is 5.92 Å². The minimum atomic E-state index is -3.62. The van der Waals surface area contributed by atoms with Crippen molar-refractivity contribution in [2.75, 3.05) is 39.3 Å². The minimum Gasteiger partial charge on any atom is -0.340 e. The van der Waals surface area contributed by atoms with Gasteiger partial charge in [0.25, 0.3) is 0 Å². The van der Waals surface area contributed by atoms with Gasteiger partial charge in [-0.2, -0.15) is 4.31 Å². The van der Waals surface area contributed by atoms with Gasteiger partial charge in [-0.25, -0.2) is 8.42 Å². The summed E-state index contributed by atoms with van der Waals surface area (Å²) in [6, 6.07) is 4.28. The summed E-state index contributed by atoms with van der Waals surface area (Å²) in [6.07, 6.45) is 0. The molecular formula is C14H17Cl2N3O3S. The highest BCUT2D eigenvalue weighted by Crippen LogP contribution is 2.27. The zero-order chi connectivity index (χ0) is 16.6. The molecule has 126 valence electrons. The van der Waals surface area contributed by atoms with Crippen molar-refractivity contribution in [1.82, 2.24) is 14.5 Å². The Morgan fingerprint density at radius 3 is 2.26 bits per heavy atom. The van der Waals surface area contributed by atoms with Gasteiger partial charge in [0.05, 0.1) is 20.9 Å². The van der Waals surface area contributed by atoms with Crippen molar-refractivity contribution in [3.63, 3.8) is 0 Å². The third kappa shape index (κ3) is 3.34. The Bertz CT molecular complexity index is 714. The summed E-state index contributed by atoms with van der Waals surface area (Å²) in [7, 11) is -3.62. The lowest BCUT2D eigenvalue weighted by atomic mass is 10.0. The minimum absolute atomic E-state index is 0.0354. The van der Waals surface area contributed by atoms with Gasteiger partial charge < -0.3 is 10.2 Å². The summed E-state index contributed by atoms with van der Waals surface area (Å²) in [5.74, 6) is 0.142. The Kier molecular flexibility index (Phi) is 4.85. The van der Waals surface area contributed by atoms with Crippen LogP contribution in [-0.4, -0.2) is 62.8 Å². The van der Waals surface area contributed by atoms with E-state index in [1.54, 1.807) is 4.90 Å². The average molecular weight is 378 g/mol. The number of carbonyl (C=O) groups excluding carboxylic acids is 1. The van der Waals surface area contributed by atoms with E-state index >= 15 is 0 Å². The van der Waals surface area contributed by atoms with Gasteiger partial charge in [-0.3, -0.25) is 4.79 Å². The Labute approximate surface area is 145 Å². The highest BCUT2D eigenvalue weighted by molar-refractivity contribution is 7.89. The Balaban J connectivity index is 1.68. The number of benzene rings is 1.